The Morgan fingerprint density at radius 2 is 1.89 bits per heavy atom. The van der Waals surface area contributed by atoms with Crippen molar-refractivity contribution in [3.63, 3.8) is 0 Å². The first-order valence-corrected chi connectivity index (χ1v) is 14.3. The molecule has 2 aliphatic carbocycles. The highest BCUT2D eigenvalue weighted by atomic mass is 16.5. The topological polar surface area (TPSA) is 41.6 Å². The van der Waals surface area contributed by atoms with Crippen molar-refractivity contribution in [2.24, 2.45) is 11.8 Å². The second kappa shape index (κ2) is 11.8. The van der Waals surface area contributed by atoms with E-state index in [0.29, 0.717) is 12.3 Å². The maximum absolute atomic E-state index is 12.9. The predicted molar refractivity (Wildman–Crippen MR) is 146 cm³/mol. The van der Waals surface area contributed by atoms with Crippen molar-refractivity contribution in [2.75, 3.05) is 26.7 Å². The van der Waals surface area contributed by atoms with Crippen LogP contribution in [0.25, 0.3) is 0 Å². The van der Waals surface area contributed by atoms with E-state index in [4.69, 9.17) is 4.74 Å². The van der Waals surface area contributed by atoms with Crippen molar-refractivity contribution in [1.29, 1.82) is 0 Å². The maximum Gasteiger partial charge on any atom is 0.220 e. The van der Waals surface area contributed by atoms with Gasteiger partial charge in [-0.25, -0.2) is 0 Å². The van der Waals surface area contributed by atoms with Gasteiger partial charge in [0.1, 0.15) is 5.75 Å². The van der Waals surface area contributed by atoms with Gasteiger partial charge in [-0.15, -0.1) is 0 Å². The normalized spacial score (nSPS) is 26.2. The van der Waals surface area contributed by atoms with Gasteiger partial charge < -0.3 is 15.0 Å². The molecule has 4 heteroatoms. The molecule has 1 N–H and O–H groups in total. The predicted octanol–water partition coefficient (Wildman–Crippen LogP) is 6.14. The van der Waals surface area contributed by atoms with E-state index < -0.39 is 0 Å². The summed E-state index contributed by atoms with van der Waals surface area (Å²) in [4.78, 5) is 15.6. The van der Waals surface area contributed by atoms with Crippen LogP contribution < -0.4 is 10.1 Å². The molecule has 3 fully saturated rings. The molecule has 194 valence electrons. The monoisotopic (exact) mass is 488 g/mol. The van der Waals surface area contributed by atoms with E-state index in [1.165, 1.54) is 56.4 Å². The molecular formula is C32H44N2O2. The second-order valence-electron chi connectivity index (χ2n) is 11.6. The van der Waals surface area contributed by atoms with E-state index in [1.54, 1.807) is 7.11 Å². The highest BCUT2D eigenvalue weighted by Crippen LogP contribution is 2.50. The van der Waals surface area contributed by atoms with Gasteiger partial charge in [0, 0.05) is 31.0 Å². The van der Waals surface area contributed by atoms with E-state index in [2.05, 4.69) is 64.8 Å². The Morgan fingerprint density at radius 3 is 2.69 bits per heavy atom. The molecule has 1 aliphatic heterocycles. The van der Waals surface area contributed by atoms with Crippen molar-refractivity contribution < 1.29 is 9.53 Å². The number of rotatable bonds is 11. The number of nitrogens with one attached hydrogen (secondary N) is 1. The Hall–Kier alpha value is -2.33. The minimum absolute atomic E-state index is 0.139. The zero-order chi connectivity index (χ0) is 24.8. The number of methoxy groups -OCH3 is 1. The fourth-order valence-electron chi connectivity index (χ4n) is 6.84. The molecule has 3 aliphatic rings. The molecule has 0 radical (unpaired) electrons. The van der Waals surface area contributed by atoms with E-state index in [1.807, 2.05) is 0 Å². The highest BCUT2D eigenvalue weighted by Gasteiger charge is 2.48. The number of amides is 1. The lowest BCUT2D eigenvalue weighted by Crippen LogP contribution is -2.56. The van der Waals surface area contributed by atoms with Crippen molar-refractivity contribution in [3.05, 3.63) is 65.7 Å². The number of benzene rings is 2. The standard InChI is InChI=1S/C32H44N2O2/c1-36-30-13-8-12-27(21-30)32-19-20-34(23-26-15-16-26)24-28(32)17-18-29(22-32)33-31(35)14-7-3-6-11-25-9-4-2-5-10-25/h2,4-5,8-10,12-13,21,26,28-29H,3,6-7,11,14-20,22-24H2,1H3,(H,33,35)/t28-,29+,32+/m1/s1. The lowest BCUT2D eigenvalue weighted by Gasteiger charge is -2.53. The molecule has 4 nitrogen and oxygen atoms in total. The molecule has 2 aromatic carbocycles. The first kappa shape index (κ1) is 25.3. The molecule has 2 saturated carbocycles. The molecule has 0 bridgehead atoms. The molecule has 1 heterocycles. The summed E-state index contributed by atoms with van der Waals surface area (Å²) in [6.07, 6.45) is 12.4. The number of carbonyl (C=O) groups excluding carboxylic acids is 1. The number of fused-ring (bicyclic) bond motifs is 1. The summed E-state index contributed by atoms with van der Waals surface area (Å²) in [7, 11) is 1.76. The first-order chi connectivity index (χ1) is 17.6. The third-order valence-electron chi connectivity index (χ3n) is 9.04. The smallest absolute Gasteiger partial charge is 0.220 e. The van der Waals surface area contributed by atoms with E-state index in [9.17, 15) is 4.79 Å². The summed E-state index contributed by atoms with van der Waals surface area (Å²) in [6.45, 7) is 3.66. The fourth-order valence-corrected chi connectivity index (χ4v) is 6.84. The van der Waals surface area contributed by atoms with Crippen LogP contribution in [0, 0.1) is 11.8 Å². The molecule has 3 atom stereocenters. The van der Waals surface area contributed by atoms with Gasteiger partial charge in [-0.05, 0) is 99.4 Å². The first-order valence-electron chi connectivity index (χ1n) is 14.3. The van der Waals surface area contributed by atoms with Crippen molar-refractivity contribution in [2.45, 2.75) is 82.1 Å². The van der Waals surface area contributed by atoms with Gasteiger partial charge in [0.15, 0.2) is 0 Å². The SMILES string of the molecule is COc1cccc([C@@]23CCN(CC4CC4)C[C@H]2CC[C@H](NC(=O)CCCCCc2ccccc2)C3)c1. The van der Waals surface area contributed by atoms with Crippen molar-refractivity contribution >= 4 is 5.91 Å². The number of nitrogens with zero attached hydrogens (tertiary/aromatic N) is 1. The van der Waals surface area contributed by atoms with E-state index in [-0.39, 0.29) is 17.4 Å². The summed E-state index contributed by atoms with van der Waals surface area (Å²) < 4.78 is 5.61. The van der Waals surface area contributed by atoms with Crippen molar-refractivity contribution in [3.8, 4) is 5.75 Å². The fraction of sp³-hybridized carbons (Fsp3) is 0.594. The van der Waals surface area contributed by atoms with Gasteiger partial charge in [-0.3, -0.25) is 4.79 Å². The molecule has 2 aromatic rings. The molecule has 5 rings (SSSR count). The summed E-state index contributed by atoms with van der Waals surface area (Å²) >= 11 is 0. The lowest BCUT2D eigenvalue weighted by molar-refractivity contribution is -0.122. The van der Waals surface area contributed by atoms with Crippen LogP contribution in [0.4, 0.5) is 0 Å². The summed E-state index contributed by atoms with van der Waals surface area (Å²) in [6, 6.07) is 19.7. The molecular weight excluding hydrogens is 444 g/mol. The van der Waals surface area contributed by atoms with Gasteiger partial charge >= 0.3 is 0 Å². The number of aryl methyl sites for hydroxylation is 1. The lowest BCUT2D eigenvalue weighted by atomic mass is 9.58. The Bertz CT molecular complexity index is 989. The zero-order valence-corrected chi connectivity index (χ0v) is 22.1. The van der Waals surface area contributed by atoms with E-state index >= 15 is 0 Å². The van der Waals surface area contributed by atoms with Gasteiger partial charge in [-0.2, -0.15) is 0 Å². The number of hydrogen-bond acceptors (Lipinski definition) is 3. The summed E-state index contributed by atoms with van der Waals surface area (Å²) in [5, 5.41) is 3.45. The maximum atomic E-state index is 12.9. The summed E-state index contributed by atoms with van der Waals surface area (Å²) in [5.41, 5.74) is 2.95. The zero-order valence-electron chi connectivity index (χ0n) is 22.1. The molecule has 0 aromatic heterocycles. The van der Waals surface area contributed by atoms with Crippen LogP contribution in [0.1, 0.15) is 75.3 Å². The van der Waals surface area contributed by atoms with Gasteiger partial charge in [0.2, 0.25) is 5.91 Å². The number of carbonyl (C=O) groups is 1. The number of likely N-dealkylation sites (tertiary alicyclic amines) is 1. The number of unbranched alkanes of at least 4 members (excludes halogenated alkanes) is 2. The van der Waals surface area contributed by atoms with Crippen LogP contribution in [0.3, 0.4) is 0 Å². The Morgan fingerprint density at radius 1 is 1.03 bits per heavy atom. The third-order valence-corrected chi connectivity index (χ3v) is 9.04. The average Bonchev–Trinajstić information content (AvgIpc) is 3.73. The molecule has 36 heavy (non-hydrogen) atoms. The number of piperidine rings is 1. The van der Waals surface area contributed by atoms with Crippen LogP contribution in [0.5, 0.6) is 5.75 Å². The van der Waals surface area contributed by atoms with Crippen LogP contribution in [0.2, 0.25) is 0 Å². The number of hydrogen-bond donors (Lipinski definition) is 1. The Labute approximate surface area is 217 Å². The van der Waals surface area contributed by atoms with Crippen LogP contribution in [-0.4, -0.2) is 43.6 Å². The Balaban J connectivity index is 1.17. The van der Waals surface area contributed by atoms with Gasteiger partial charge in [-0.1, -0.05) is 48.9 Å². The van der Waals surface area contributed by atoms with Crippen LogP contribution >= 0.6 is 0 Å². The Kier molecular flexibility index (Phi) is 8.31. The molecule has 1 amide bonds. The minimum Gasteiger partial charge on any atom is -0.497 e. The summed E-state index contributed by atoms with van der Waals surface area (Å²) in [5.74, 6) is 2.79. The second-order valence-corrected chi connectivity index (χ2v) is 11.6. The minimum atomic E-state index is 0.139. The molecule has 1 saturated heterocycles. The van der Waals surface area contributed by atoms with Crippen molar-refractivity contribution in [1.82, 2.24) is 10.2 Å². The largest absolute Gasteiger partial charge is 0.497 e. The van der Waals surface area contributed by atoms with Gasteiger partial charge in [0.05, 0.1) is 7.11 Å². The molecule has 0 unspecified atom stereocenters. The number of ether oxygens (including phenoxy) is 1. The quantitative estimate of drug-likeness (QED) is 0.387. The van der Waals surface area contributed by atoms with Crippen LogP contribution in [-0.2, 0) is 16.6 Å². The third kappa shape index (κ3) is 6.32. The van der Waals surface area contributed by atoms with E-state index in [0.717, 1.165) is 50.2 Å². The average molecular weight is 489 g/mol. The van der Waals surface area contributed by atoms with Gasteiger partial charge in [0.25, 0.3) is 0 Å². The highest BCUT2D eigenvalue weighted by molar-refractivity contribution is 5.76. The van der Waals surface area contributed by atoms with Crippen LogP contribution in [0.15, 0.2) is 54.6 Å². The molecule has 0 spiro atoms.